The lowest BCUT2D eigenvalue weighted by Gasteiger charge is -2.12. The monoisotopic (exact) mass is 201 g/mol. The fourth-order valence-electron chi connectivity index (χ4n) is 1.47. The van der Waals surface area contributed by atoms with E-state index < -0.39 is 0 Å². The molecule has 1 aromatic rings. The summed E-state index contributed by atoms with van der Waals surface area (Å²) in [6.07, 6.45) is 1.71. The fraction of sp³-hybridized carbons (Fsp3) is 0.308. The van der Waals surface area contributed by atoms with Crippen molar-refractivity contribution in [2.75, 3.05) is 7.11 Å². The second-order valence-electron chi connectivity index (χ2n) is 3.66. The molecule has 0 N–H and O–H groups in total. The predicted octanol–water partition coefficient (Wildman–Crippen LogP) is 3.33. The first-order valence-electron chi connectivity index (χ1n) is 4.88. The number of hydrogen-bond acceptors (Lipinski definition) is 2. The van der Waals surface area contributed by atoms with Crippen molar-refractivity contribution < 1.29 is 4.74 Å². The summed E-state index contributed by atoms with van der Waals surface area (Å²) in [7, 11) is 1.57. The van der Waals surface area contributed by atoms with E-state index in [1.165, 1.54) is 0 Å². The van der Waals surface area contributed by atoms with E-state index in [1.807, 2.05) is 12.1 Å². The zero-order valence-corrected chi connectivity index (χ0v) is 9.37. The van der Waals surface area contributed by atoms with Crippen LogP contribution in [0.3, 0.4) is 0 Å². The molecule has 0 aromatic heterocycles. The minimum Gasteiger partial charge on any atom is -0.495 e. The van der Waals surface area contributed by atoms with Crippen LogP contribution in [0.4, 0.5) is 0 Å². The van der Waals surface area contributed by atoms with Crippen LogP contribution >= 0.6 is 0 Å². The number of rotatable bonds is 3. The highest BCUT2D eigenvalue weighted by Crippen LogP contribution is 2.29. The third kappa shape index (κ3) is 2.19. The van der Waals surface area contributed by atoms with Gasteiger partial charge in [-0.15, -0.1) is 0 Å². The molecule has 2 nitrogen and oxygen atoms in total. The molecule has 78 valence electrons. The maximum absolute atomic E-state index is 9.01. The van der Waals surface area contributed by atoms with Crippen LogP contribution in [0.2, 0.25) is 0 Å². The number of nitriles is 1. The lowest BCUT2D eigenvalue weighted by molar-refractivity contribution is 0.412. The lowest BCUT2D eigenvalue weighted by atomic mass is 9.97. The summed E-state index contributed by atoms with van der Waals surface area (Å²) < 4.78 is 5.20. The molecule has 0 aliphatic heterocycles. The number of ether oxygens (including phenoxy) is 1. The summed E-state index contributed by atoms with van der Waals surface area (Å²) in [6, 6.07) is 6.03. The molecule has 0 unspecified atom stereocenters. The summed E-state index contributed by atoms with van der Waals surface area (Å²) in [5.74, 6) is 0.999. The lowest BCUT2D eigenvalue weighted by Crippen LogP contribution is -1.96. The Morgan fingerprint density at radius 1 is 1.47 bits per heavy atom. The molecule has 0 amide bonds. The van der Waals surface area contributed by atoms with Crippen LogP contribution in [0.15, 0.2) is 18.7 Å². The average molecular weight is 201 g/mol. The van der Waals surface area contributed by atoms with Crippen molar-refractivity contribution in [2.45, 2.75) is 19.8 Å². The molecule has 0 aliphatic carbocycles. The van der Waals surface area contributed by atoms with Gasteiger partial charge < -0.3 is 4.74 Å². The van der Waals surface area contributed by atoms with Gasteiger partial charge in [0.1, 0.15) is 11.8 Å². The molecule has 0 bridgehead atoms. The van der Waals surface area contributed by atoms with Gasteiger partial charge in [0.2, 0.25) is 0 Å². The number of hydrogen-bond donors (Lipinski definition) is 0. The van der Waals surface area contributed by atoms with Crippen molar-refractivity contribution in [2.24, 2.45) is 0 Å². The van der Waals surface area contributed by atoms with Gasteiger partial charge in [0, 0.05) is 5.56 Å². The van der Waals surface area contributed by atoms with E-state index in [4.69, 9.17) is 10.00 Å². The van der Waals surface area contributed by atoms with Crippen LogP contribution in [0, 0.1) is 11.3 Å². The van der Waals surface area contributed by atoms with Gasteiger partial charge in [-0.05, 0) is 23.6 Å². The van der Waals surface area contributed by atoms with Gasteiger partial charge in [0.05, 0.1) is 12.7 Å². The Labute approximate surface area is 90.8 Å². The van der Waals surface area contributed by atoms with Crippen molar-refractivity contribution in [3.63, 3.8) is 0 Å². The molecule has 0 radical (unpaired) electrons. The van der Waals surface area contributed by atoms with E-state index in [2.05, 4.69) is 26.5 Å². The van der Waals surface area contributed by atoms with Crippen LogP contribution in [0.5, 0.6) is 5.75 Å². The molecular weight excluding hydrogens is 186 g/mol. The zero-order chi connectivity index (χ0) is 11.4. The quantitative estimate of drug-likeness (QED) is 0.751. The Balaban J connectivity index is 3.44. The maximum atomic E-state index is 9.01. The topological polar surface area (TPSA) is 33.0 Å². The Morgan fingerprint density at radius 2 is 2.13 bits per heavy atom. The molecule has 0 spiro atoms. The van der Waals surface area contributed by atoms with Gasteiger partial charge in [-0.25, -0.2) is 0 Å². The minimum absolute atomic E-state index is 0.390. The smallest absolute Gasteiger partial charge is 0.143 e. The second kappa shape index (κ2) is 4.65. The minimum atomic E-state index is 0.390. The highest BCUT2D eigenvalue weighted by molar-refractivity contribution is 5.63. The van der Waals surface area contributed by atoms with Crippen LogP contribution in [-0.4, -0.2) is 7.11 Å². The van der Waals surface area contributed by atoms with E-state index in [0.717, 1.165) is 11.1 Å². The molecule has 1 rings (SSSR count). The molecule has 0 atom stereocenters. The van der Waals surface area contributed by atoms with Gasteiger partial charge in [-0.3, -0.25) is 0 Å². The SMILES string of the molecule is C=Cc1cc(C(C)C)cc(C#N)c1OC. The van der Waals surface area contributed by atoms with Gasteiger partial charge in [-0.1, -0.05) is 26.5 Å². The molecule has 0 heterocycles. The Morgan fingerprint density at radius 3 is 2.53 bits per heavy atom. The molecule has 1 aromatic carbocycles. The molecule has 2 heteroatoms. The normalized spacial score (nSPS) is 9.80. The summed E-state index contributed by atoms with van der Waals surface area (Å²) in [6.45, 7) is 7.91. The van der Waals surface area contributed by atoms with Crippen LogP contribution < -0.4 is 4.74 Å². The molecule has 0 saturated carbocycles. The van der Waals surface area contributed by atoms with Crippen LogP contribution in [0.1, 0.15) is 36.5 Å². The molecule has 0 aliphatic rings. The predicted molar refractivity (Wildman–Crippen MR) is 61.9 cm³/mol. The number of methoxy groups -OCH3 is 1. The van der Waals surface area contributed by atoms with Gasteiger partial charge in [0.15, 0.2) is 0 Å². The third-order valence-corrected chi connectivity index (χ3v) is 2.35. The first-order valence-corrected chi connectivity index (χ1v) is 4.88. The molecule has 15 heavy (non-hydrogen) atoms. The maximum Gasteiger partial charge on any atom is 0.143 e. The van der Waals surface area contributed by atoms with Crippen molar-refractivity contribution >= 4 is 6.08 Å². The highest BCUT2D eigenvalue weighted by atomic mass is 16.5. The van der Waals surface area contributed by atoms with Crippen LogP contribution in [-0.2, 0) is 0 Å². The van der Waals surface area contributed by atoms with Crippen molar-refractivity contribution in [1.29, 1.82) is 5.26 Å². The standard InChI is InChI=1S/C13H15NO/c1-5-10-6-11(9(2)3)7-12(8-14)13(10)15-4/h5-7,9H,1H2,2-4H3. The van der Waals surface area contributed by atoms with Gasteiger partial charge in [0.25, 0.3) is 0 Å². The van der Waals surface area contributed by atoms with E-state index in [-0.39, 0.29) is 0 Å². The molecular formula is C13H15NO. The summed E-state index contributed by atoms with van der Waals surface area (Å²) >= 11 is 0. The highest BCUT2D eigenvalue weighted by Gasteiger charge is 2.10. The molecule has 0 fully saturated rings. The fourth-order valence-corrected chi connectivity index (χ4v) is 1.47. The summed E-state index contributed by atoms with van der Waals surface area (Å²) in [5.41, 5.74) is 2.57. The number of benzene rings is 1. The van der Waals surface area contributed by atoms with E-state index in [1.54, 1.807) is 13.2 Å². The third-order valence-electron chi connectivity index (χ3n) is 2.35. The van der Waals surface area contributed by atoms with Gasteiger partial charge in [-0.2, -0.15) is 5.26 Å². The van der Waals surface area contributed by atoms with E-state index in [0.29, 0.717) is 17.2 Å². The number of nitrogens with zero attached hydrogens (tertiary/aromatic N) is 1. The first kappa shape index (κ1) is 11.3. The first-order chi connectivity index (χ1) is 7.13. The summed E-state index contributed by atoms with van der Waals surface area (Å²) in [4.78, 5) is 0. The zero-order valence-electron chi connectivity index (χ0n) is 9.37. The largest absolute Gasteiger partial charge is 0.495 e. The second-order valence-corrected chi connectivity index (χ2v) is 3.66. The molecule has 0 saturated heterocycles. The average Bonchev–Trinajstić information content (AvgIpc) is 2.26. The van der Waals surface area contributed by atoms with Gasteiger partial charge >= 0.3 is 0 Å². The van der Waals surface area contributed by atoms with Crippen molar-refractivity contribution in [1.82, 2.24) is 0 Å². The van der Waals surface area contributed by atoms with Crippen molar-refractivity contribution in [3.05, 3.63) is 35.4 Å². The van der Waals surface area contributed by atoms with E-state index >= 15 is 0 Å². The Hall–Kier alpha value is -1.75. The Bertz CT molecular complexity index is 413. The Kier molecular flexibility index (Phi) is 3.51. The van der Waals surface area contributed by atoms with E-state index in [9.17, 15) is 0 Å². The van der Waals surface area contributed by atoms with Crippen LogP contribution in [0.25, 0.3) is 6.08 Å². The van der Waals surface area contributed by atoms with Crippen molar-refractivity contribution in [3.8, 4) is 11.8 Å². The summed E-state index contributed by atoms with van der Waals surface area (Å²) in [5, 5.41) is 9.01.